The van der Waals surface area contributed by atoms with Gasteiger partial charge in [0.15, 0.2) is 18.2 Å². The average molecular weight is 286 g/mol. The Kier molecular flexibility index (Phi) is 4.21. The minimum atomic E-state index is -0.0466. The van der Waals surface area contributed by atoms with Gasteiger partial charge in [0.1, 0.15) is 5.75 Å². The lowest BCUT2D eigenvalue weighted by Gasteiger charge is -2.13. The second-order valence-electron chi connectivity index (χ2n) is 4.99. The lowest BCUT2D eigenvalue weighted by Crippen LogP contribution is -2.05. The minimum absolute atomic E-state index is 0.0466. The molecule has 0 aliphatic rings. The van der Waals surface area contributed by atoms with Crippen LogP contribution in [0, 0.1) is 20.8 Å². The molecular formula is C16H18N2O3. The van der Waals surface area contributed by atoms with E-state index in [1.165, 1.54) is 0 Å². The molecule has 1 aromatic carbocycles. The van der Waals surface area contributed by atoms with E-state index in [9.17, 15) is 4.79 Å². The van der Waals surface area contributed by atoms with Gasteiger partial charge in [0, 0.05) is 5.56 Å². The molecule has 1 aromatic heterocycles. The lowest BCUT2D eigenvalue weighted by atomic mass is 9.96. The number of ketones is 1. The molecule has 0 radical (unpaired) electrons. The molecule has 1 heterocycles. The van der Waals surface area contributed by atoms with Crippen molar-refractivity contribution in [3.05, 3.63) is 52.7 Å². The van der Waals surface area contributed by atoms with Gasteiger partial charge in [0.05, 0.1) is 0 Å². The molecule has 0 unspecified atom stereocenters. The molecule has 0 amide bonds. The number of hydrogen-bond acceptors (Lipinski definition) is 5. The number of ether oxygens (including phenoxy) is 1. The summed E-state index contributed by atoms with van der Waals surface area (Å²) in [6.45, 7) is 11.2. The molecule has 0 N–H and O–H groups in total. The SMILES string of the molecule is C=C(C)C(=O)c1ccc(OCc2nc(C)no2)c(C)c1C. The fourth-order valence-corrected chi connectivity index (χ4v) is 1.97. The van der Waals surface area contributed by atoms with E-state index in [2.05, 4.69) is 16.7 Å². The van der Waals surface area contributed by atoms with Crippen molar-refractivity contribution in [2.45, 2.75) is 34.3 Å². The molecule has 2 aromatic rings. The molecule has 5 heteroatoms. The maximum atomic E-state index is 12.0. The van der Waals surface area contributed by atoms with E-state index in [1.807, 2.05) is 13.8 Å². The molecule has 2 rings (SSSR count). The highest BCUT2D eigenvalue weighted by atomic mass is 16.5. The first-order chi connectivity index (χ1) is 9.90. The summed E-state index contributed by atoms with van der Waals surface area (Å²) in [6, 6.07) is 3.54. The Labute approximate surface area is 123 Å². The van der Waals surface area contributed by atoms with E-state index in [0.717, 1.165) is 11.1 Å². The Morgan fingerprint density at radius 2 is 2.00 bits per heavy atom. The molecule has 21 heavy (non-hydrogen) atoms. The van der Waals surface area contributed by atoms with Crippen LogP contribution in [0.25, 0.3) is 0 Å². The zero-order valence-electron chi connectivity index (χ0n) is 12.7. The van der Waals surface area contributed by atoms with Crippen molar-refractivity contribution in [3.8, 4) is 5.75 Å². The van der Waals surface area contributed by atoms with E-state index in [-0.39, 0.29) is 12.4 Å². The molecule has 0 bridgehead atoms. The Balaban J connectivity index is 2.20. The van der Waals surface area contributed by atoms with Crippen LogP contribution in [0.1, 0.15) is 40.1 Å². The van der Waals surface area contributed by atoms with Crippen molar-refractivity contribution >= 4 is 5.78 Å². The van der Waals surface area contributed by atoms with Crippen LogP contribution >= 0.6 is 0 Å². The smallest absolute Gasteiger partial charge is 0.264 e. The van der Waals surface area contributed by atoms with Crippen LogP contribution in [0.15, 0.2) is 28.8 Å². The molecule has 0 fully saturated rings. The topological polar surface area (TPSA) is 65.2 Å². The van der Waals surface area contributed by atoms with Crippen molar-refractivity contribution in [2.75, 3.05) is 0 Å². The second kappa shape index (κ2) is 5.91. The largest absolute Gasteiger partial charge is 0.483 e. The lowest BCUT2D eigenvalue weighted by molar-refractivity contribution is 0.103. The number of aromatic nitrogens is 2. The summed E-state index contributed by atoms with van der Waals surface area (Å²) in [5.74, 6) is 1.65. The summed E-state index contributed by atoms with van der Waals surface area (Å²) in [4.78, 5) is 16.1. The van der Waals surface area contributed by atoms with Crippen molar-refractivity contribution < 1.29 is 14.1 Å². The third kappa shape index (κ3) is 3.18. The zero-order chi connectivity index (χ0) is 15.6. The average Bonchev–Trinajstić information content (AvgIpc) is 2.85. The van der Waals surface area contributed by atoms with Crippen LogP contribution in [-0.2, 0) is 6.61 Å². The van der Waals surface area contributed by atoms with E-state index in [0.29, 0.717) is 28.6 Å². The molecule has 110 valence electrons. The molecular weight excluding hydrogens is 268 g/mol. The van der Waals surface area contributed by atoms with Crippen molar-refractivity contribution in [2.24, 2.45) is 0 Å². The van der Waals surface area contributed by atoms with Crippen molar-refractivity contribution in [3.63, 3.8) is 0 Å². The van der Waals surface area contributed by atoms with Crippen molar-refractivity contribution in [1.29, 1.82) is 0 Å². The summed E-state index contributed by atoms with van der Waals surface area (Å²) in [7, 11) is 0. The van der Waals surface area contributed by atoms with Crippen LogP contribution in [0.5, 0.6) is 5.75 Å². The highest BCUT2D eigenvalue weighted by Gasteiger charge is 2.14. The van der Waals surface area contributed by atoms with Gasteiger partial charge in [-0.1, -0.05) is 11.7 Å². The summed E-state index contributed by atoms with van der Waals surface area (Å²) < 4.78 is 10.7. The predicted molar refractivity (Wildman–Crippen MR) is 78.4 cm³/mol. The number of benzene rings is 1. The number of aryl methyl sites for hydroxylation is 1. The quantitative estimate of drug-likeness (QED) is 0.623. The second-order valence-corrected chi connectivity index (χ2v) is 4.99. The number of rotatable bonds is 5. The summed E-state index contributed by atoms with van der Waals surface area (Å²) >= 11 is 0. The Hall–Kier alpha value is -2.43. The molecule has 5 nitrogen and oxygen atoms in total. The number of nitrogens with zero attached hydrogens (tertiary/aromatic N) is 2. The Morgan fingerprint density at radius 1 is 1.29 bits per heavy atom. The molecule has 0 atom stereocenters. The van der Waals surface area contributed by atoms with Gasteiger partial charge >= 0.3 is 0 Å². The normalized spacial score (nSPS) is 10.5. The zero-order valence-corrected chi connectivity index (χ0v) is 12.7. The van der Waals surface area contributed by atoms with E-state index in [1.54, 1.807) is 26.0 Å². The van der Waals surface area contributed by atoms with Crippen LogP contribution in [-0.4, -0.2) is 15.9 Å². The number of Topliss-reactive ketones (excluding diaryl/α,β-unsaturated/α-hetero) is 1. The Morgan fingerprint density at radius 3 is 2.57 bits per heavy atom. The number of carbonyl (C=O) groups excluding carboxylic acids is 1. The van der Waals surface area contributed by atoms with Gasteiger partial charge in [0.2, 0.25) is 0 Å². The van der Waals surface area contributed by atoms with Crippen LogP contribution in [0.3, 0.4) is 0 Å². The molecule has 0 saturated heterocycles. The fraction of sp³-hybridized carbons (Fsp3) is 0.312. The van der Waals surface area contributed by atoms with Gasteiger partial charge < -0.3 is 9.26 Å². The minimum Gasteiger partial charge on any atom is -0.483 e. The summed E-state index contributed by atoms with van der Waals surface area (Å²) in [5, 5.41) is 3.71. The van der Waals surface area contributed by atoms with Gasteiger partial charge in [-0.15, -0.1) is 0 Å². The maximum Gasteiger partial charge on any atom is 0.264 e. The first-order valence-corrected chi connectivity index (χ1v) is 6.62. The predicted octanol–water partition coefficient (Wildman–Crippen LogP) is 3.33. The number of hydrogen-bond donors (Lipinski definition) is 0. The standard InChI is InChI=1S/C16H18N2O3/c1-9(2)16(19)13-6-7-14(11(4)10(13)3)20-8-15-17-12(5)18-21-15/h6-7H,1,8H2,2-5H3. The molecule has 0 aliphatic heterocycles. The first-order valence-electron chi connectivity index (χ1n) is 6.62. The Bertz CT molecular complexity index is 702. The third-order valence-electron chi connectivity index (χ3n) is 3.29. The van der Waals surface area contributed by atoms with Gasteiger partial charge in [-0.3, -0.25) is 4.79 Å². The van der Waals surface area contributed by atoms with Gasteiger partial charge in [-0.25, -0.2) is 0 Å². The third-order valence-corrected chi connectivity index (χ3v) is 3.29. The highest BCUT2D eigenvalue weighted by molar-refractivity contribution is 6.09. The van der Waals surface area contributed by atoms with Crippen molar-refractivity contribution in [1.82, 2.24) is 10.1 Å². The van der Waals surface area contributed by atoms with Gasteiger partial charge in [-0.2, -0.15) is 4.98 Å². The maximum absolute atomic E-state index is 12.0. The summed E-state index contributed by atoms with van der Waals surface area (Å²) in [6.07, 6.45) is 0. The molecule has 0 saturated carbocycles. The first kappa shape index (κ1) is 15.0. The molecule has 0 spiro atoms. The summed E-state index contributed by atoms with van der Waals surface area (Å²) in [5.41, 5.74) is 2.98. The molecule has 0 aliphatic carbocycles. The fourth-order valence-electron chi connectivity index (χ4n) is 1.97. The van der Waals surface area contributed by atoms with Crippen LogP contribution in [0.2, 0.25) is 0 Å². The number of carbonyl (C=O) groups is 1. The van der Waals surface area contributed by atoms with Crippen LogP contribution < -0.4 is 4.74 Å². The van der Waals surface area contributed by atoms with E-state index >= 15 is 0 Å². The van der Waals surface area contributed by atoms with E-state index in [4.69, 9.17) is 9.26 Å². The highest BCUT2D eigenvalue weighted by Crippen LogP contribution is 2.26. The van der Waals surface area contributed by atoms with Gasteiger partial charge in [0.25, 0.3) is 5.89 Å². The van der Waals surface area contributed by atoms with E-state index < -0.39 is 0 Å². The van der Waals surface area contributed by atoms with Crippen LogP contribution in [0.4, 0.5) is 0 Å². The van der Waals surface area contributed by atoms with Gasteiger partial charge in [-0.05, 0) is 56.5 Å². The number of allylic oxidation sites excluding steroid dienone is 1. The monoisotopic (exact) mass is 286 g/mol.